The zero-order chi connectivity index (χ0) is 14.3. The van der Waals surface area contributed by atoms with Crippen molar-refractivity contribution in [3.05, 3.63) is 29.6 Å². The topological polar surface area (TPSA) is 38.5 Å². The minimum absolute atomic E-state index is 0.234. The molecule has 0 saturated carbocycles. The third-order valence-electron chi connectivity index (χ3n) is 3.30. The van der Waals surface area contributed by atoms with Crippen LogP contribution in [-0.2, 0) is 11.3 Å². The zero-order valence-electron chi connectivity index (χ0n) is 12.2. The van der Waals surface area contributed by atoms with Crippen LogP contribution in [0, 0.1) is 5.82 Å². The summed E-state index contributed by atoms with van der Waals surface area (Å²) in [5.41, 5.74) is 6.50. The number of rotatable bonds is 2. The largest absolute Gasteiger partial charge is 0.398 e. The van der Waals surface area contributed by atoms with Gasteiger partial charge < -0.3 is 10.5 Å². The number of nitrogens with zero attached hydrogens (tertiary/aromatic N) is 1. The fourth-order valence-electron chi connectivity index (χ4n) is 3.02. The van der Waals surface area contributed by atoms with Gasteiger partial charge in [0.15, 0.2) is 0 Å². The summed E-state index contributed by atoms with van der Waals surface area (Å²) < 4.78 is 19.9. The van der Waals surface area contributed by atoms with Gasteiger partial charge in [0.05, 0.1) is 11.2 Å². The summed E-state index contributed by atoms with van der Waals surface area (Å²) in [4.78, 5) is 2.21. The molecule has 1 fully saturated rings. The zero-order valence-corrected chi connectivity index (χ0v) is 12.2. The van der Waals surface area contributed by atoms with Crippen LogP contribution in [0.3, 0.4) is 0 Å². The van der Waals surface area contributed by atoms with Crippen LogP contribution in [0.1, 0.15) is 33.3 Å². The van der Waals surface area contributed by atoms with E-state index in [-0.39, 0.29) is 17.0 Å². The van der Waals surface area contributed by atoms with Crippen LogP contribution in [0.15, 0.2) is 18.2 Å². The second-order valence-electron chi connectivity index (χ2n) is 6.57. The molecule has 1 aliphatic heterocycles. The van der Waals surface area contributed by atoms with E-state index in [0.29, 0.717) is 17.8 Å². The van der Waals surface area contributed by atoms with E-state index in [1.54, 1.807) is 12.1 Å². The Bertz CT molecular complexity index is 435. The molecule has 0 atom stereocenters. The molecule has 0 aromatic heterocycles. The molecule has 4 heteroatoms. The first kappa shape index (κ1) is 14.3. The predicted octanol–water partition coefficient (Wildman–Crippen LogP) is 2.80. The van der Waals surface area contributed by atoms with E-state index in [1.165, 1.54) is 6.07 Å². The highest BCUT2D eigenvalue weighted by atomic mass is 19.1. The lowest BCUT2D eigenvalue weighted by atomic mass is 9.98. The molecule has 1 saturated heterocycles. The lowest BCUT2D eigenvalue weighted by Gasteiger charge is -2.47. The summed E-state index contributed by atoms with van der Waals surface area (Å²) in [6.07, 6.45) is 0. The highest BCUT2D eigenvalue weighted by Crippen LogP contribution is 2.30. The fraction of sp³-hybridized carbons (Fsp3) is 0.600. The van der Waals surface area contributed by atoms with E-state index < -0.39 is 0 Å². The van der Waals surface area contributed by atoms with Crippen LogP contribution in [0.4, 0.5) is 10.1 Å². The number of hydrogen-bond acceptors (Lipinski definition) is 3. The van der Waals surface area contributed by atoms with Gasteiger partial charge in [0.1, 0.15) is 5.82 Å². The first-order valence-corrected chi connectivity index (χ1v) is 6.64. The molecule has 0 aliphatic carbocycles. The van der Waals surface area contributed by atoms with Gasteiger partial charge in [0, 0.05) is 30.9 Å². The molecule has 0 spiro atoms. The van der Waals surface area contributed by atoms with Crippen molar-refractivity contribution in [1.29, 1.82) is 0 Å². The van der Waals surface area contributed by atoms with Crippen molar-refractivity contribution in [1.82, 2.24) is 4.90 Å². The third kappa shape index (κ3) is 3.45. The molecule has 2 rings (SSSR count). The second-order valence-corrected chi connectivity index (χ2v) is 6.57. The average Bonchev–Trinajstić information content (AvgIpc) is 2.19. The molecule has 2 N–H and O–H groups in total. The molecular formula is C15H23FN2O. The summed E-state index contributed by atoms with van der Waals surface area (Å²) in [6, 6.07) is 4.85. The summed E-state index contributed by atoms with van der Waals surface area (Å²) in [7, 11) is 0. The normalized spacial score (nSPS) is 22.4. The molecule has 1 aromatic rings. The third-order valence-corrected chi connectivity index (χ3v) is 3.30. The van der Waals surface area contributed by atoms with Gasteiger partial charge in [0.25, 0.3) is 0 Å². The lowest BCUT2D eigenvalue weighted by Crippen LogP contribution is -2.56. The van der Waals surface area contributed by atoms with Crippen molar-refractivity contribution >= 4 is 5.69 Å². The standard InChI is InChI=1S/C15H23FN2O/c1-14(2)9-18(10-15(3,4)19-14)8-11-12(16)6-5-7-13(11)17/h5-7H,8-10,17H2,1-4H3. The van der Waals surface area contributed by atoms with Crippen LogP contribution in [0.2, 0.25) is 0 Å². The predicted molar refractivity (Wildman–Crippen MR) is 75.3 cm³/mol. The number of nitrogens with two attached hydrogens (primary N) is 1. The molecule has 106 valence electrons. The van der Waals surface area contributed by atoms with Gasteiger partial charge >= 0.3 is 0 Å². The van der Waals surface area contributed by atoms with Gasteiger partial charge in [-0.05, 0) is 39.8 Å². The van der Waals surface area contributed by atoms with E-state index in [2.05, 4.69) is 32.6 Å². The maximum Gasteiger partial charge on any atom is 0.129 e. The van der Waals surface area contributed by atoms with Gasteiger partial charge in [-0.2, -0.15) is 0 Å². The summed E-state index contributed by atoms with van der Waals surface area (Å²) in [6.45, 7) is 10.3. The van der Waals surface area contributed by atoms with Crippen LogP contribution < -0.4 is 5.73 Å². The monoisotopic (exact) mass is 266 g/mol. The van der Waals surface area contributed by atoms with Gasteiger partial charge in [-0.1, -0.05) is 6.07 Å². The van der Waals surface area contributed by atoms with Gasteiger partial charge in [-0.25, -0.2) is 4.39 Å². The van der Waals surface area contributed by atoms with Crippen molar-refractivity contribution in [2.45, 2.75) is 45.4 Å². The van der Waals surface area contributed by atoms with E-state index in [0.717, 1.165) is 13.1 Å². The van der Waals surface area contributed by atoms with Crippen molar-refractivity contribution < 1.29 is 9.13 Å². The van der Waals surface area contributed by atoms with Crippen LogP contribution in [-0.4, -0.2) is 29.2 Å². The van der Waals surface area contributed by atoms with Crippen LogP contribution >= 0.6 is 0 Å². The maximum atomic E-state index is 13.9. The molecule has 0 unspecified atom stereocenters. The molecule has 3 nitrogen and oxygen atoms in total. The second kappa shape index (κ2) is 4.76. The molecular weight excluding hydrogens is 243 g/mol. The summed E-state index contributed by atoms with van der Waals surface area (Å²) in [5, 5.41) is 0. The van der Waals surface area contributed by atoms with E-state index in [4.69, 9.17) is 10.5 Å². The number of nitrogen functional groups attached to an aromatic ring is 1. The van der Waals surface area contributed by atoms with Crippen molar-refractivity contribution in [3.8, 4) is 0 Å². The van der Waals surface area contributed by atoms with E-state index >= 15 is 0 Å². The Morgan fingerprint density at radius 3 is 2.32 bits per heavy atom. The van der Waals surface area contributed by atoms with E-state index in [9.17, 15) is 4.39 Å². The summed E-state index contributed by atoms with van der Waals surface area (Å²) in [5.74, 6) is -0.234. The smallest absolute Gasteiger partial charge is 0.129 e. The van der Waals surface area contributed by atoms with E-state index in [1.807, 2.05) is 0 Å². The Hall–Kier alpha value is -1.13. The number of hydrogen-bond donors (Lipinski definition) is 1. The number of anilines is 1. The molecule has 0 bridgehead atoms. The number of halogens is 1. The maximum absolute atomic E-state index is 13.9. The number of morpholine rings is 1. The van der Waals surface area contributed by atoms with Gasteiger partial charge in [0.2, 0.25) is 0 Å². The minimum atomic E-state index is -0.234. The molecule has 19 heavy (non-hydrogen) atoms. The Kier molecular flexibility index (Phi) is 3.58. The molecule has 0 amide bonds. The Morgan fingerprint density at radius 1 is 1.21 bits per heavy atom. The Labute approximate surface area is 114 Å². The minimum Gasteiger partial charge on any atom is -0.398 e. The molecule has 0 radical (unpaired) electrons. The SMILES string of the molecule is CC1(C)CN(Cc2c(N)cccc2F)CC(C)(C)O1. The Balaban J connectivity index is 2.19. The van der Waals surface area contributed by atoms with Crippen molar-refractivity contribution in [2.75, 3.05) is 18.8 Å². The fourth-order valence-corrected chi connectivity index (χ4v) is 3.02. The number of benzene rings is 1. The Morgan fingerprint density at radius 2 is 1.79 bits per heavy atom. The summed E-state index contributed by atoms with van der Waals surface area (Å²) >= 11 is 0. The first-order chi connectivity index (χ1) is 8.69. The van der Waals surface area contributed by atoms with Crippen molar-refractivity contribution in [3.63, 3.8) is 0 Å². The molecule has 1 aromatic carbocycles. The molecule has 1 heterocycles. The van der Waals surface area contributed by atoms with Crippen LogP contribution in [0.5, 0.6) is 0 Å². The lowest BCUT2D eigenvalue weighted by molar-refractivity contribution is -0.182. The number of ether oxygens (including phenoxy) is 1. The molecule has 1 aliphatic rings. The van der Waals surface area contributed by atoms with Gasteiger partial charge in [-0.3, -0.25) is 4.90 Å². The quantitative estimate of drug-likeness (QED) is 0.837. The highest BCUT2D eigenvalue weighted by molar-refractivity contribution is 5.47. The van der Waals surface area contributed by atoms with Gasteiger partial charge in [-0.15, -0.1) is 0 Å². The van der Waals surface area contributed by atoms with Crippen molar-refractivity contribution in [2.24, 2.45) is 0 Å². The van der Waals surface area contributed by atoms with Crippen LogP contribution in [0.25, 0.3) is 0 Å². The average molecular weight is 266 g/mol. The highest BCUT2D eigenvalue weighted by Gasteiger charge is 2.38. The first-order valence-electron chi connectivity index (χ1n) is 6.64.